The largest absolute Gasteiger partial charge is 0.468 e. The third kappa shape index (κ3) is 1.69. The van der Waals surface area contributed by atoms with Crippen molar-refractivity contribution in [3.8, 4) is 0 Å². The van der Waals surface area contributed by atoms with Crippen molar-refractivity contribution in [2.45, 2.75) is 13.8 Å². The number of ketones is 1. The second-order valence-corrected chi connectivity index (χ2v) is 3.55. The minimum atomic E-state index is -1.13. The Hall–Kier alpha value is -1.58. The Morgan fingerprint density at radius 2 is 2.07 bits per heavy atom. The van der Waals surface area contributed by atoms with Gasteiger partial charge in [-0.15, -0.1) is 0 Å². The maximum Gasteiger partial charge on any atom is 0.319 e. The van der Waals surface area contributed by atoms with E-state index in [1.165, 1.54) is 7.11 Å². The minimum absolute atomic E-state index is 0.245. The van der Waals surface area contributed by atoms with Crippen LogP contribution in [0.4, 0.5) is 0 Å². The number of hydrogen-bond donors (Lipinski definition) is 1. The fraction of sp³-hybridized carbons (Fsp3) is 0.400. The molecule has 0 saturated heterocycles. The monoisotopic (exact) mass is 195 g/mol. The van der Waals surface area contributed by atoms with Crippen molar-refractivity contribution in [1.82, 2.24) is 4.98 Å². The number of aromatic nitrogens is 1. The average molecular weight is 195 g/mol. The molecule has 0 fully saturated rings. The van der Waals surface area contributed by atoms with Crippen LogP contribution in [0.3, 0.4) is 0 Å². The van der Waals surface area contributed by atoms with Crippen molar-refractivity contribution in [2.75, 3.05) is 7.11 Å². The molecular formula is C10H13NO3. The average Bonchev–Trinajstić information content (AvgIpc) is 2.67. The van der Waals surface area contributed by atoms with E-state index in [1.54, 1.807) is 32.3 Å². The van der Waals surface area contributed by atoms with Gasteiger partial charge in [0, 0.05) is 18.0 Å². The zero-order chi connectivity index (χ0) is 10.8. The molecule has 0 amide bonds. The summed E-state index contributed by atoms with van der Waals surface area (Å²) in [6.07, 6.45) is 3.20. The van der Waals surface area contributed by atoms with Crippen molar-refractivity contribution in [2.24, 2.45) is 5.41 Å². The van der Waals surface area contributed by atoms with E-state index in [0.717, 1.165) is 0 Å². The molecule has 0 saturated carbocycles. The number of aromatic amines is 1. The highest BCUT2D eigenvalue weighted by molar-refractivity contribution is 6.11. The Morgan fingerprint density at radius 1 is 1.43 bits per heavy atom. The summed E-state index contributed by atoms with van der Waals surface area (Å²) in [6.45, 7) is 3.10. The standard InChI is InChI=1S/C10H13NO3/c1-10(2,9(13)14-3)8(12)7-4-5-11-6-7/h4-6,11H,1-3H3. The lowest BCUT2D eigenvalue weighted by atomic mass is 9.85. The highest BCUT2D eigenvalue weighted by Gasteiger charge is 2.37. The first-order valence-electron chi connectivity index (χ1n) is 4.26. The van der Waals surface area contributed by atoms with Gasteiger partial charge in [0.05, 0.1) is 7.11 Å². The van der Waals surface area contributed by atoms with Crippen LogP contribution in [0.2, 0.25) is 0 Å². The van der Waals surface area contributed by atoms with E-state index in [-0.39, 0.29) is 5.78 Å². The second kappa shape index (κ2) is 3.65. The summed E-state index contributed by atoms with van der Waals surface area (Å²) in [6, 6.07) is 1.63. The number of methoxy groups -OCH3 is 1. The smallest absolute Gasteiger partial charge is 0.319 e. The van der Waals surface area contributed by atoms with Gasteiger partial charge in [-0.05, 0) is 19.9 Å². The van der Waals surface area contributed by atoms with Gasteiger partial charge < -0.3 is 9.72 Å². The van der Waals surface area contributed by atoms with E-state index in [1.807, 2.05) is 0 Å². The Kier molecular flexibility index (Phi) is 2.74. The van der Waals surface area contributed by atoms with E-state index in [4.69, 9.17) is 0 Å². The summed E-state index contributed by atoms with van der Waals surface area (Å²) in [5.41, 5.74) is -0.642. The van der Waals surface area contributed by atoms with Crippen molar-refractivity contribution in [1.29, 1.82) is 0 Å². The fourth-order valence-electron chi connectivity index (χ4n) is 1.17. The Bertz CT molecular complexity index is 338. The van der Waals surface area contributed by atoms with Crippen LogP contribution < -0.4 is 0 Å². The highest BCUT2D eigenvalue weighted by Crippen LogP contribution is 2.23. The topological polar surface area (TPSA) is 59.2 Å². The van der Waals surface area contributed by atoms with Gasteiger partial charge >= 0.3 is 5.97 Å². The summed E-state index contributed by atoms with van der Waals surface area (Å²) in [5.74, 6) is -0.769. The van der Waals surface area contributed by atoms with Crippen LogP contribution in [0, 0.1) is 5.41 Å². The molecule has 1 heterocycles. The first-order valence-corrected chi connectivity index (χ1v) is 4.26. The molecule has 14 heavy (non-hydrogen) atoms. The van der Waals surface area contributed by atoms with Gasteiger partial charge in [0.2, 0.25) is 0 Å². The lowest BCUT2D eigenvalue weighted by Crippen LogP contribution is -2.34. The van der Waals surface area contributed by atoms with Gasteiger partial charge in [-0.1, -0.05) is 0 Å². The van der Waals surface area contributed by atoms with E-state index in [2.05, 4.69) is 9.72 Å². The lowest BCUT2D eigenvalue weighted by molar-refractivity contribution is -0.147. The van der Waals surface area contributed by atoms with Crippen LogP contribution >= 0.6 is 0 Å². The van der Waals surface area contributed by atoms with Crippen LogP contribution in [0.15, 0.2) is 18.5 Å². The number of carbonyl (C=O) groups is 2. The fourth-order valence-corrected chi connectivity index (χ4v) is 1.17. The Morgan fingerprint density at radius 3 is 2.50 bits per heavy atom. The van der Waals surface area contributed by atoms with Crippen molar-refractivity contribution in [3.05, 3.63) is 24.0 Å². The van der Waals surface area contributed by atoms with Crippen LogP contribution in [-0.4, -0.2) is 23.8 Å². The Labute approximate surface area is 82.3 Å². The van der Waals surface area contributed by atoms with E-state index < -0.39 is 11.4 Å². The molecule has 1 aromatic heterocycles. The molecule has 0 aromatic carbocycles. The van der Waals surface area contributed by atoms with E-state index in [9.17, 15) is 9.59 Å². The molecule has 0 aliphatic carbocycles. The van der Waals surface area contributed by atoms with Gasteiger partial charge in [-0.25, -0.2) is 0 Å². The van der Waals surface area contributed by atoms with Gasteiger partial charge in [-0.2, -0.15) is 0 Å². The number of ether oxygens (including phenoxy) is 1. The minimum Gasteiger partial charge on any atom is -0.468 e. The summed E-state index contributed by atoms with van der Waals surface area (Å²) < 4.78 is 4.56. The molecule has 0 aliphatic rings. The van der Waals surface area contributed by atoms with Crippen molar-refractivity contribution >= 4 is 11.8 Å². The van der Waals surface area contributed by atoms with Crippen LogP contribution in [0.25, 0.3) is 0 Å². The summed E-state index contributed by atoms with van der Waals surface area (Å²) in [5, 5.41) is 0. The lowest BCUT2D eigenvalue weighted by Gasteiger charge is -2.18. The van der Waals surface area contributed by atoms with E-state index in [0.29, 0.717) is 5.56 Å². The first kappa shape index (κ1) is 10.5. The van der Waals surface area contributed by atoms with Gasteiger partial charge in [0.15, 0.2) is 5.78 Å². The summed E-state index contributed by atoms with van der Waals surface area (Å²) >= 11 is 0. The van der Waals surface area contributed by atoms with Crippen molar-refractivity contribution in [3.63, 3.8) is 0 Å². The van der Waals surface area contributed by atoms with Crippen LogP contribution in [0.1, 0.15) is 24.2 Å². The third-order valence-corrected chi connectivity index (χ3v) is 2.12. The van der Waals surface area contributed by atoms with Crippen LogP contribution in [0.5, 0.6) is 0 Å². The molecule has 0 spiro atoms. The summed E-state index contributed by atoms with van der Waals surface area (Å²) in [7, 11) is 1.27. The zero-order valence-electron chi connectivity index (χ0n) is 8.46. The number of H-pyrrole nitrogens is 1. The molecule has 1 N–H and O–H groups in total. The van der Waals surface area contributed by atoms with Crippen molar-refractivity contribution < 1.29 is 14.3 Å². The maximum absolute atomic E-state index is 11.8. The highest BCUT2D eigenvalue weighted by atomic mass is 16.5. The number of rotatable bonds is 3. The van der Waals surface area contributed by atoms with Gasteiger partial charge in [0.25, 0.3) is 0 Å². The number of nitrogens with one attached hydrogen (secondary N) is 1. The SMILES string of the molecule is COC(=O)C(C)(C)C(=O)c1cc[nH]c1. The molecule has 0 atom stereocenters. The molecule has 0 unspecified atom stereocenters. The number of hydrogen-bond acceptors (Lipinski definition) is 3. The predicted octanol–water partition coefficient (Wildman–Crippen LogP) is 1.40. The van der Waals surface area contributed by atoms with Gasteiger partial charge in [-0.3, -0.25) is 9.59 Å². The molecular weight excluding hydrogens is 182 g/mol. The maximum atomic E-state index is 11.8. The quantitative estimate of drug-likeness (QED) is 0.450. The molecule has 1 rings (SSSR count). The van der Waals surface area contributed by atoms with E-state index >= 15 is 0 Å². The molecule has 4 heteroatoms. The molecule has 0 radical (unpaired) electrons. The number of Topliss-reactive ketones (excluding diaryl/α,β-unsaturated/α-hetero) is 1. The normalized spacial score (nSPS) is 11.1. The van der Waals surface area contributed by atoms with Gasteiger partial charge in [0.1, 0.15) is 5.41 Å². The second-order valence-electron chi connectivity index (χ2n) is 3.55. The van der Waals surface area contributed by atoms with Crippen LogP contribution in [-0.2, 0) is 9.53 Å². The number of esters is 1. The molecule has 1 aromatic rings. The zero-order valence-corrected chi connectivity index (χ0v) is 8.46. The summed E-state index contributed by atoms with van der Waals surface area (Å²) in [4.78, 5) is 25.9. The Balaban J connectivity index is 2.94. The number of carbonyl (C=O) groups excluding carboxylic acids is 2. The third-order valence-electron chi connectivity index (χ3n) is 2.12. The predicted molar refractivity (Wildman–Crippen MR) is 50.9 cm³/mol. The molecule has 0 bridgehead atoms. The molecule has 0 aliphatic heterocycles. The molecule has 4 nitrogen and oxygen atoms in total. The molecule has 76 valence electrons. The first-order chi connectivity index (χ1) is 6.50.